The molecule has 0 spiro atoms. The molecule has 5 nitrogen and oxygen atoms in total. The molecule has 3 rings (SSSR count). The normalized spacial score (nSPS) is 16.7. The second kappa shape index (κ2) is 9.53. The van der Waals surface area contributed by atoms with Gasteiger partial charge >= 0.3 is 0 Å². The monoisotopic (exact) mass is 367 g/mol. The number of carbonyl (C=O) groups excluding carboxylic acids is 1. The Balaban J connectivity index is 1.40. The van der Waals surface area contributed by atoms with E-state index >= 15 is 0 Å². The molecule has 144 valence electrons. The fraction of sp³-hybridized carbons (Fsp3) is 0.409. The van der Waals surface area contributed by atoms with Gasteiger partial charge in [0.05, 0.1) is 19.7 Å². The minimum Gasteiger partial charge on any atom is -0.497 e. The maximum atomic E-state index is 12.3. The van der Waals surface area contributed by atoms with E-state index in [0.717, 1.165) is 44.0 Å². The molecule has 2 aromatic carbocycles. The van der Waals surface area contributed by atoms with Crippen molar-refractivity contribution in [1.29, 1.82) is 0 Å². The van der Waals surface area contributed by atoms with Gasteiger partial charge in [-0.3, -0.25) is 14.6 Å². The van der Waals surface area contributed by atoms with Gasteiger partial charge in [-0.1, -0.05) is 42.5 Å². The lowest BCUT2D eigenvalue weighted by Gasteiger charge is -2.34. The summed E-state index contributed by atoms with van der Waals surface area (Å²) >= 11 is 0. The van der Waals surface area contributed by atoms with Crippen LogP contribution in [0, 0.1) is 0 Å². The van der Waals surface area contributed by atoms with Crippen molar-refractivity contribution in [2.45, 2.75) is 19.5 Å². The first-order chi connectivity index (χ1) is 13.1. The molecule has 5 heteroatoms. The van der Waals surface area contributed by atoms with Crippen molar-refractivity contribution < 1.29 is 9.53 Å². The average molecular weight is 367 g/mol. The highest BCUT2D eigenvalue weighted by Crippen LogP contribution is 2.14. The Hall–Kier alpha value is -2.37. The summed E-state index contributed by atoms with van der Waals surface area (Å²) < 4.78 is 5.21. The van der Waals surface area contributed by atoms with Gasteiger partial charge in [0.2, 0.25) is 5.91 Å². The van der Waals surface area contributed by atoms with Gasteiger partial charge < -0.3 is 10.1 Å². The van der Waals surface area contributed by atoms with Crippen molar-refractivity contribution >= 4 is 5.91 Å². The molecule has 1 amide bonds. The Morgan fingerprint density at radius 3 is 2.26 bits per heavy atom. The number of hydrogen-bond donors (Lipinski definition) is 1. The minimum atomic E-state index is 0.0371. The highest BCUT2D eigenvalue weighted by Gasteiger charge is 2.20. The van der Waals surface area contributed by atoms with E-state index in [-0.39, 0.29) is 11.9 Å². The third-order valence-corrected chi connectivity index (χ3v) is 5.07. The molecule has 0 aliphatic carbocycles. The number of nitrogens with zero attached hydrogens (tertiary/aromatic N) is 2. The number of amides is 1. The summed E-state index contributed by atoms with van der Waals surface area (Å²) in [5.74, 6) is 0.981. The third kappa shape index (κ3) is 5.81. The van der Waals surface area contributed by atoms with E-state index in [2.05, 4.69) is 27.2 Å². The van der Waals surface area contributed by atoms with E-state index in [1.165, 1.54) is 5.56 Å². The molecule has 0 bridgehead atoms. The Bertz CT molecular complexity index is 710. The maximum absolute atomic E-state index is 12.3. The maximum Gasteiger partial charge on any atom is 0.234 e. The van der Waals surface area contributed by atoms with Crippen LogP contribution in [0.3, 0.4) is 0 Å². The Morgan fingerprint density at radius 1 is 1.00 bits per heavy atom. The molecule has 1 atom stereocenters. The van der Waals surface area contributed by atoms with Gasteiger partial charge in [0.25, 0.3) is 0 Å². The zero-order valence-electron chi connectivity index (χ0n) is 16.2. The average Bonchev–Trinajstić information content (AvgIpc) is 2.70. The quantitative estimate of drug-likeness (QED) is 0.817. The fourth-order valence-corrected chi connectivity index (χ4v) is 3.41. The molecule has 1 N–H and O–H groups in total. The van der Waals surface area contributed by atoms with Crippen molar-refractivity contribution in [2.75, 3.05) is 39.8 Å². The number of methoxy groups -OCH3 is 1. The zero-order chi connectivity index (χ0) is 19.1. The van der Waals surface area contributed by atoms with Crippen LogP contribution >= 0.6 is 0 Å². The van der Waals surface area contributed by atoms with Gasteiger partial charge in [0.1, 0.15) is 5.75 Å². The van der Waals surface area contributed by atoms with Crippen molar-refractivity contribution in [3.63, 3.8) is 0 Å². The highest BCUT2D eigenvalue weighted by molar-refractivity contribution is 5.78. The lowest BCUT2D eigenvalue weighted by molar-refractivity contribution is -0.123. The van der Waals surface area contributed by atoms with Crippen LogP contribution in [-0.4, -0.2) is 55.5 Å². The summed E-state index contributed by atoms with van der Waals surface area (Å²) in [5, 5.41) is 3.10. The van der Waals surface area contributed by atoms with Crippen LogP contribution in [0.1, 0.15) is 24.1 Å². The third-order valence-electron chi connectivity index (χ3n) is 5.07. The number of rotatable bonds is 7. The van der Waals surface area contributed by atoms with Crippen LogP contribution in [0.2, 0.25) is 0 Å². The first kappa shape index (κ1) is 19.4. The first-order valence-corrected chi connectivity index (χ1v) is 9.56. The van der Waals surface area contributed by atoms with Gasteiger partial charge in [0.15, 0.2) is 0 Å². The largest absolute Gasteiger partial charge is 0.497 e. The summed E-state index contributed by atoms with van der Waals surface area (Å²) in [6.45, 7) is 7.23. The lowest BCUT2D eigenvalue weighted by Crippen LogP contribution is -2.49. The predicted molar refractivity (Wildman–Crippen MR) is 108 cm³/mol. The summed E-state index contributed by atoms with van der Waals surface area (Å²) in [7, 11) is 1.69. The van der Waals surface area contributed by atoms with Gasteiger partial charge in [-0.2, -0.15) is 0 Å². The van der Waals surface area contributed by atoms with E-state index in [4.69, 9.17) is 4.74 Å². The molecular weight excluding hydrogens is 338 g/mol. The van der Waals surface area contributed by atoms with E-state index in [1.807, 2.05) is 49.4 Å². The van der Waals surface area contributed by atoms with Crippen LogP contribution in [0.25, 0.3) is 0 Å². The number of ether oxygens (including phenoxy) is 1. The number of hydrogen-bond acceptors (Lipinski definition) is 4. The molecule has 1 aliphatic heterocycles. The molecule has 1 fully saturated rings. The molecule has 27 heavy (non-hydrogen) atoms. The van der Waals surface area contributed by atoms with E-state index in [0.29, 0.717) is 6.54 Å². The van der Waals surface area contributed by atoms with Gasteiger partial charge in [-0.25, -0.2) is 0 Å². The van der Waals surface area contributed by atoms with Crippen LogP contribution in [0.5, 0.6) is 5.75 Å². The molecule has 2 aromatic rings. The van der Waals surface area contributed by atoms with E-state index in [1.54, 1.807) is 7.11 Å². The van der Waals surface area contributed by atoms with Crippen molar-refractivity contribution in [1.82, 2.24) is 15.1 Å². The fourth-order valence-electron chi connectivity index (χ4n) is 3.41. The van der Waals surface area contributed by atoms with Crippen LogP contribution in [0.15, 0.2) is 54.6 Å². The van der Waals surface area contributed by atoms with Crippen LogP contribution in [-0.2, 0) is 11.3 Å². The summed E-state index contributed by atoms with van der Waals surface area (Å²) in [6, 6.07) is 18.4. The Kier molecular flexibility index (Phi) is 6.85. The zero-order valence-corrected chi connectivity index (χ0v) is 16.2. The van der Waals surface area contributed by atoms with E-state index < -0.39 is 0 Å². The minimum absolute atomic E-state index is 0.0371. The van der Waals surface area contributed by atoms with Crippen molar-refractivity contribution in [3.05, 3.63) is 65.7 Å². The standard InChI is InChI=1S/C22H29N3O2/c1-18(20-6-4-3-5-7-20)23-22(26)17-25-14-12-24(13-15-25)16-19-8-10-21(27-2)11-9-19/h3-11,18H,12-17H2,1-2H3,(H,23,26)/t18-/m1/s1. The lowest BCUT2D eigenvalue weighted by atomic mass is 10.1. The highest BCUT2D eigenvalue weighted by atomic mass is 16.5. The Labute approximate surface area is 161 Å². The molecule has 0 aromatic heterocycles. The summed E-state index contributed by atoms with van der Waals surface area (Å²) in [5.41, 5.74) is 2.42. The van der Waals surface area contributed by atoms with Crippen molar-refractivity contribution in [3.8, 4) is 5.75 Å². The first-order valence-electron chi connectivity index (χ1n) is 9.56. The molecule has 1 heterocycles. The van der Waals surface area contributed by atoms with Gasteiger partial charge in [-0.15, -0.1) is 0 Å². The number of piperazine rings is 1. The molecular formula is C22H29N3O2. The van der Waals surface area contributed by atoms with Gasteiger partial charge in [0, 0.05) is 32.7 Å². The molecule has 0 unspecified atom stereocenters. The number of nitrogens with one attached hydrogen (secondary N) is 1. The van der Waals surface area contributed by atoms with E-state index in [9.17, 15) is 4.79 Å². The van der Waals surface area contributed by atoms with Gasteiger partial charge in [-0.05, 0) is 30.2 Å². The molecule has 1 aliphatic rings. The molecule has 1 saturated heterocycles. The Morgan fingerprint density at radius 2 is 1.63 bits per heavy atom. The van der Waals surface area contributed by atoms with Crippen LogP contribution in [0.4, 0.5) is 0 Å². The molecule has 0 saturated carbocycles. The SMILES string of the molecule is COc1ccc(CN2CCN(CC(=O)N[C@H](C)c3ccccc3)CC2)cc1. The molecule has 0 radical (unpaired) electrons. The predicted octanol–water partition coefficient (Wildman–Crippen LogP) is 2.69. The number of benzene rings is 2. The smallest absolute Gasteiger partial charge is 0.234 e. The summed E-state index contributed by atoms with van der Waals surface area (Å²) in [6.07, 6.45) is 0. The summed E-state index contributed by atoms with van der Waals surface area (Å²) in [4.78, 5) is 17.0. The number of carbonyl (C=O) groups is 1. The second-order valence-electron chi connectivity index (χ2n) is 7.10. The topological polar surface area (TPSA) is 44.8 Å². The second-order valence-corrected chi connectivity index (χ2v) is 7.10. The van der Waals surface area contributed by atoms with Crippen LogP contribution < -0.4 is 10.1 Å². The van der Waals surface area contributed by atoms with Crippen molar-refractivity contribution in [2.24, 2.45) is 0 Å².